The lowest BCUT2D eigenvalue weighted by Gasteiger charge is -2.22. The lowest BCUT2D eigenvalue weighted by Crippen LogP contribution is -2.37. The summed E-state index contributed by atoms with van der Waals surface area (Å²) >= 11 is 0. The molecule has 2 heterocycles. The molecular weight excluding hydrogens is 266 g/mol. The number of nitrogens with one attached hydrogen (secondary N) is 1. The molecule has 1 amide bonds. The van der Waals surface area contributed by atoms with Crippen LogP contribution in [0.3, 0.4) is 0 Å². The number of nitrogens with zero attached hydrogens (tertiary/aromatic N) is 4. The number of rotatable bonds is 6. The molecule has 2 rings (SSSR count). The normalized spacial score (nSPS) is 17.5. The van der Waals surface area contributed by atoms with Crippen molar-refractivity contribution in [1.82, 2.24) is 25.0 Å². The lowest BCUT2D eigenvalue weighted by molar-refractivity contribution is -0.131. The maximum absolute atomic E-state index is 12.3. The molecule has 6 heteroatoms. The summed E-state index contributed by atoms with van der Waals surface area (Å²) in [4.78, 5) is 14.3. The molecule has 6 nitrogen and oxygen atoms in total. The summed E-state index contributed by atoms with van der Waals surface area (Å²) in [7, 11) is 0. The quantitative estimate of drug-likeness (QED) is 0.865. The Morgan fingerprint density at radius 1 is 1.33 bits per heavy atom. The third-order valence-corrected chi connectivity index (χ3v) is 4.08. The molecule has 0 bridgehead atoms. The summed E-state index contributed by atoms with van der Waals surface area (Å²) in [6, 6.07) is 0.155. The highest BCUT2D eigenvalue weighted by atomic mass is 16.2. The van der Waals surface area contributed by atoms with Crippen LogP contribution in [0.15, 0.2) is 6.33 Å². The molecule has 21 heavy (non-hydrogen) atoms. The van der Waals surface area contributed by atoms with Crippen molar-refractivity contribution in [1.29, 1.82) is 0 Å². The van der Waals surface area contributed by atoms with Crippen molar-refractivity contribution in [3.8, 4) is 0 Å². The topological polar surface area (TPSA) is 63.1 Å². The lowest BCUT2D eigenvalue weighted by atomic mass is 10.2. The van der Waals surface area contributed by atoms with E-state index in [2.05, 4.69) is 29.4 Å². The van der Waals surface area contributed by atoms with Gasteiger partial charge in [-0.2, -0.15) is 0 Å². The number of hydrogen-bond donors (Lipinski definition) is 1. The summed E-state index contributed by atoms with van der Waals surface area (Å²) in [5.74, 6) is 1.19. The minimum Gasteiger partial charge on any atom is -0.343 e. The van der Waals surface area contributed by atoms with Crippen molar-refractivity contribution >= 4 is 5.91 Å². The Hall–Kier alpha value is -1.43. The van der Waals surface area contributed by atoms with Crippen LogP contribution in [0.5, 0.6) is 0 Å². The number of hydrogen-bond acceptors (Lipinski definition) is 4. The van der Waals surface area contributed by atoms with Crippen molar-refractivity contribution in [3.05, 3.63) is 12.2 Å². The first-order valence-electron chi connectivity index (χ1n) is 8.08. The van der Waals surface area contributed by atoms with Crippen LogP contribution < -0.4 is 5.32 Å². The zero-order chi connectivity index (χ0) is 15.1. The van der Waals surface area contributed by atoms with E-state index >= 15 is 0 Å². The Morgan fingerprint density at radius 2 is 2.05 bits per heavy atom. The molecule has 1 aliphatic heterocycles. The Labute approximate surface area is 126 Å². The molecule has 1 saturated heterocycles. The first-order valence-corrected chi connectivity index (χ1v) is 8.08. The molecule has 0 spiro atoms. The number of carbonyl (C=O) groups is 1. The van der Waals surface area contributed by atoms with Gasteiger partial charge >= 0.3 is 0 Å². The average Bonchev–Trinajstić information content (AvgIpc) is 2.75. The van der Waals surface area contributed by atoms with Gasteiger partial charge < -0.3 is 14.8 Å². The summed E-state index contributed by atoms with van der Waals surface area (Å²) in [6.45, 7) is 7.50. The van der Waals surface area contributed by atoms with Gasteiger partial charge in [0.15, 0.2) is 0 Å². The predicted molar refractivity (Wildman–Crippen MR) is 81.7 cm³/mol. The van der Waals surface area contributed by atoms with Crippen LogP contribution >= 0.6 is 0 Å². The fourth-order valence-corrected chi connectivity index (χ4v) is 2.73. The highest BCUT2D eigenvalue weighted by Gasteiger charge is 2.18. The smallest absolute Gasteiger partial charge is 0.224 e. The number of likely N-dealkylation sites (tertiary alicyclic amines) is 1. The van der Waals surface area contributed by atoms with E-state index in [1.54, 1.807) is 6.33 Å². The minimum absolute atomic E-state index is 0.155. The fourth-order valence-electron chi connectivity index (χ4n) is 2.73. The van der Waals surface area contributed by atoms with Gasteiger partial charge in [0.05, 0.1) is 6.54 Å². The van der Waals surface area contributed by atoms with Crippen molar-refractivity contribution in [2.45, 2.75) is 65.1 Å². The minimum atomic E-state index is 0.155. The number of aromatic nitrogens is 3. The first kappa shape index (κ1) is 15.9. The second kappa shape index (κ2) is 8.12. The standard InChI is InChI=1S/C15H27N5O/c1-3-19-12-17-18-14(19)11-16-13(2)10-15(21)20-8-6-4-5-7-9-20/h12-13,16H,3-11H2,1-2H3/t13-/m1/s1. The molecule has 1 aromatic heterocycles. The van der Waals surface area contributed by atoms with Crippen LogP contribution in [0, 0.1) is 0 Å². The van der Waals surface area contributed by atoms with Crippen LogP contribution in [0.2, 0.25) is 0 Å². The van der Waals surface area contributed by atoms with E-state index in [-0.39, 0.29) is 11.9 Å². The molecular formula is C15H27N5O. The predicted octanol–water partition coefficient (Wildman–Crippen LogP) is 1.57. The van der Waals surface area contributed by atoms with Gasteiger partial charge in [0.1, 0.15) is 12.2 Å². The van der Waals surface area contributed by atoms with Crippen LogP contribution in [0.4, 0.5) is 0 Å². The van der Waals surface area contributed by atoms with Crippen LogP contribution in [0.1, 0.15) is 51.8 Å². The molecule has 1 aliphatic rings. The highest BCUT2D eigenvalue weighted by molar-refractivity contribution is 5.76. The number of aryl methyl sites for hydroxylation is 1. The zero-order valence-corrected chi connectivity index (χ0v) is 13.2. The summed E-state index contributed by atoms with van der Waals surface area (Å²) in [5, 5.41) is 11.4. The van der Waals surface area contributed by atoms with Crippen LogP contribution in [0.25, 0.3) is 0 Å². The van der Waals surface area contributed by atoms with Gasteiger partial charge in [-0.05, 0) is 26.7 Å². The van der Waals surface area contributed by atoms with Crippen LogP contribution in [-0.4, -0.2) is 44.7 Å². The van der Waals surface area contributed by atoms with E-state index in [1.807, 2.05) is 9.47 Å². The molecule has 0 radical (unpaired) electrons. The molecule has 0 saturated carbocycles. The summed E-state index contributed by atoms with van der Waals surface area (Å²) in [6.07, 6.45) is 7.10. The van der Waals surface area contributed by atoms with Crippen molar-refractivity contribution < 1.29 is 4.79 Å². The maximum atomic E-state index is 12.3. The largest absolute Gasteiger partial charge is 0.343 e. The summed E-state index contributed by atoms with van der Waals surface area (Å²) < 4.78 is 2.01. The van der Waals surface area contributed by atoms with E-state index < -0.39 is 0 Å². The average molecular weight is 293 g/mol. The monoisotopic (exact) mass is 293 g/mol. The molecule has 0 aliphatic carbocycles. The Bertz CT molecular complexity index is 437. The van der Waals surface area contributed by atoms with Crippen LogP contribution in [-0.2, 0) is 17.9 Å². The van der Waals surface area contributed by atoms with Gasteiger partial charge in [-0.25, -0.2) is 0 Å². The van der Waals surface area contributed by atoms with E-state index in [9.17, 15) is 4.79 Å². The van der Waals surface area contributed by atoms with E-state index in [1.165, 1.54) is 12.8 Å². The molecule has 1 fully saturated rings. The molecule has 1 atom stereocenters. The van der Waals surface area contributed by atoms with Gasteiger partial charge in [0.25, 0.3) is 0 Å². The zero-order valence-electron chi connectivity index (χ0n) is 13.2. The van der Waals surface area contributed by atoms with Gasteiger partial charge in [-0.15, -0.1) is 10.2 Å². The third kappa shape index (κ3) is 4.81. The molecule has 118 valence electrons. The van der Waals surface area contributed by atoms with E-state index in [0.29, 0.717) is 13.0 Å². The fraction of sp³-hybridized carbons (Fsp3) is 0.800. The van der Waals surface area contributed by atoms with Crippen molar-refractivity contribution in [3.63, 3.8) is 0 Å². The van der Waals surface area contributed by atoms with Gasteiger partial charge in [-0.3, -0.25) is 4.79 Å². The summed E-state index contributed by atoms with van der Waals surface area (Å²) in [5.41, 5.74) is 0. The Morgan fingerprint density at radius 3 is 2.71 bits per heavy atom. The SMILES string of the molecule is CCn1cnnc1CN[C@H](C)CC(=O)N1CCCCCC1. The number of carbonyl (C=O) groups excluding carboxylic acids is 1. The second-order valence-electron chi connectivity index (χ2n) is 5.81. The molecule has 1 aromatic rings. The highest BCUT2D eigenvalue weighted by Crippen LogP contribution is 2.11. The Kier molecular flexibility index (Phi) is 6.17. The van der Waals surface area contributed by atoms with E-state index in [0.717, 1.165) is 38.3 Å². The molecule has 0 unspecified atom stereocenters. The van der Waals surface area contributed by atoms with Gasteiger partial charge in [-0.1, -0.05) is 12.8 Å². The number of amides is 1. The van der Waals surface area contributed by atoms with Gasteiger partial charge in [0, 0.05) is 32.1 Å². The second-order valence-corrected chi connectivity index (χ2v) is 5.81. The van der Waals surface area contributed by atoms with E-state index in [4.69, 9.17) is 0 Å². The Balaban J connectivity index is 1.75. The van der Waals surface area contributed by atoms with Crippen molar-refractivity contribution in [2.24, 2.45) is 0 Å². The maximum Gasteiger partial charge on any atom is 0.224 e. The molecule has 1 N–H and O–H groups in total. The molecule has 0 aromatic carbocycles. The van der Waals surface area contributed by atoms with Gasteiger partial charge in [0.2, 0.25) is 5.91 Å². The first-order chi connectivity index (χ1) is 10.2. The van der Waals surface area contributed by atoms with Crippen molar-refractivity contribution in [2.75, 3.05) is 13.1 Å². The third-order valence-electron chi connectivity index (χ3n) is 4.08.